The summed E-state index contributed by atoms with van der Waals surface area (Å²) in [7, 11) is 1.54. The molecule has 1 aliphatic rings. The van der Waals surface area contributed by atoms with Crippen molar-refractivity contribution in [2.24, 2.45) is 0 Å². The van der Waals surface area contributed by atoms with E-state index in [-0.39, 0.29) is 12.5 Å². The maximum absolute atomic E-state index is 13.4. The number of rotatable bonds is 7. The van der Waals surface area contributed by atoms with Crippen molar-refractivity contribution < 1.29 is 23.8 Å². The lowest BCUT2D eigenvalue weighted by Gasteiger charge is -2.18. The number of aromatic nitrogens is 5. The number of methoxy groups -OCH3 is 1. The van der Waals surface area contributed by atoms with E-state index in [0.29, 0.717) is 48.8 Å². The maximum Gasteiger partial charge on any atom is 0.246 e. The third-order valence-corrected chi connectivity index (χ3v) is 6.56. The van der Waals surface area contributed by atoms with Gasteiger partial charge in [-0.2, -0.15) is 10.2 Å². The van der Waals surface area contributed by atoms with Gasteiger partial charge in [0, 0.05) is 37.0 Å². The van der Waals surface area contributed by atoms with Gasteiger partial charge in [0.1, 0.15) is 5.82 Å². The molecule has 1 aliphatic heterocycles. The molecule has 1 atom stereocenters. The molecule has 37 heavy (non-hydrogen) atoms. The number of hydrogen-bond acceptors (Lipinski definition) is 7. The Hall–Kier alpha value is -4.25. The van der Waals surface area contributed by atoms with Gasteiger partial charge in [-0.3, -0.25) is 14.5 Å². The zero-order chi connectivity index (χ0) is 26.1. The smallest absolute Gasteiger partial charge is 0.246 e. The monoisotopic (exact) mass is 506 g/mol. The van der Waals surface area contributed by atoms with Crippen LogP contribution in [0.15, 0.2) is 49.4 Å². The number of aliphatic hydroxyl groups excluding tert-OH is 1. The highest BCUT2D eigenvalue weighted by atomic mass is 19.1. The number of carbonyl (C=O) groups excluding carboxylic acids is 1. The molecule has 0 radical (unpaired) electrons. The SMILES string of the molecule is C=CC(=O)N1CCc2c(C)c(-c3cc(OC(CO)c4ccc(F)cn4)c4c(OC)cnn4c3)nn2CC1. The summed E-state index contributed by atoms with van der Waals surface area (Å²) in [4.78, 5) is 17.9. The number of pyridine rings is 2. The van der Waals surface area contributed by atoms with Gasteiger partial charge in [-0.25, -0.2) is 8.91 Å². The van der Waals surface area contributed by atoms with Crippen LogP contribution >= 0.6 is 0 Å². The van der Waals surface area contributed by atoms with Crippen molar-refractivity contribution in [2.45, 2.75) is 26.0 Å². The first-order valence-corrected chi connectivity index (χ1v) is 11.9. The minimum atomic E-state index is -0.840. The molecule has 0 saturated heterocycles. The molecule has 192 valence electrons. The summed E-state index contributed by atoms with van der Waals surface area (Å²) in [5.74, 6) is 0.337. The molecule has 4 aromatic rings. The highest BCUT2D eigenvalue weighted by Gasteiger charge is 2.25. The Morgan fingerprint density at radius 3 is 2.81 bits per heavy atom. The first kappa shape index (κ1) is 24.4. The first-order chi connectivity index (χ1) is 17.9. The van der Waals surface area contributed by atoms with Crippen LogP contribution < -0.4 is 9.47 Å². The van der Waals surface area contributed by atoms with E-state index in [1.54, 1.807) is 15.6 Å². The van der Waals surface area contributed by atoms with E-state index in [2.05, 4.69) is 16.7 Å². The van der Waals surface area contributed by atoms with E-state index in [4.69, 9.17) is 14.6 Å². The van der Waals surface area contributed by atoms with E-state index in [0.717, 1.165) is 28.7 Å². The van der Waals surface area contributed by atoms with Crippen LogP contribution in [0.25, 0.3) is 16.8 Å². The fourth-order valence-corrected chi connectivity index (χ4v) is 4.63. The molecule has 0 aliphatic carbocycles. The van der Waals surface area contributed by atoms with Crippen LogP contribution in [-0.2, 0) is 17.8 Å². The summed E-state index contributed by atoms with van der Waals surface area (Å²) < 4.78 is 28.7. The third kappa shape index (κ3) is 4.53. The molecule has 10 nitrogen and oxygen atoms in total. The quantitative estimate of drug-likeness (QED) is 0.384. The lowest BCUT2D eigenvalue weighted by Crippen LogP contribution is -2.32. The zero-order valence-corrected chi connectivity index (χ0v) is 20.6. The number of carbonyl (C=O) groups is 1. The van der Waals surface area contributed by atoms with Crippen LogP contribution in [0.3, 0.4) is 0 Å². The van der Waals surface area contributed by atoms with E-state index in [9.17, 15) is 14.3 Å². The van der Waals surface area contributed by atoms with E-state index < -0.39 is 11.9 Å². The molecule has 0 saturated carbocycles. The largest absolute Gasteiger partial charge is 0.493 e. The van der Waals surface area contributed by atoms with Crippen molar-refractivity contribution >= 4 is 11.4 Å². The highest BCUT2D eigenvalue weighted by molar-refractivity contribution is 5.87. The third-order valence-electron chi connectivity index (χ3n) is 6.56. The van der Waals surface area contributed by atoms with Gasteiger partial charge in [0.2, 0.25) is 5.91 Å². The molecule has 0 aromatic carbocycles. The van der Waals surface area contributed by atoms with Crippen molar-refractivity contribution in [1.29, 1.82) is 0 Å². The standard InChI is InChI=1S/C26H27FN6O4/c1-4-24(35)31-8-7-20-16(2)25(30-32(20)10-9-31)17-11-21(26-22(36-3)13-29-33(26)14-17)37-23(15-34)19-6-5-18(27)12-28-19/h4-6,11-14,23,34H,1,7-10,15H2,2-3H3. The Morgan fingerprint density at radius 1 is 1.27 bits per heavy atom. The summed E-state index contributed by atoms with van der Waals surface area (Å²) in [6.07, 6.45) is 5.67. The molecule has 1 N–H and O–H groups in total. The van der Waals surface area contributed by atoms with Gasteiger partial charge in [-0.1, -0.05) is 6.58 Å². The predicted octanol–water partition coefficient (Wildman–Crippen LogP) is 2.73. The Morgan fingerprint density at radius 2 is 2.11 bits per heavy atom. The number of aliphatic hydroxyl groups is 1. The number of nitrogens with zero attached hydrogens (tertiary/aromatic N) is 6. The van der Waals surface area contributed by atoms with Crippen LogP contribution in [0, 0.1) is 12.7 Å². The molecule has 5 rings (SSSR count). The van der Waals surface area contributed by atoms with Gasteiger partial charge in [0.25, 0.3) is 0 Å². The molecular weight excluding hydrogens is 479 g/mol. The Bertz CT molecular complexity index is 1460. The molecule has 1 unspecified atom stereocenters. The molecule has 11 heteroatoms. The van der Waals surface area contributed by atoms with Crippen molar-refractivity contribution in [2.75, 3.05) is 26.8 Å². The van der Waals surface area contributed by atoms with Crippen LogP contribution in [0.1, 0.15) is 23.1 Å². The van der Waals surface area contributed by atoms with Crippen molar-refractivity contribution in [3.05, 3.63) is 72.2 Å². The second-order valence-corrected chi connectivity index (χ2v) is 8.71. The summed E-state index contributed by atoms with van der Waals surface area (Å²) in [5, 5.41) is 19.3. The summed E-state index contributed by atoms with van der Waals surface area (Å²) in [6.45, 7) is 6.92. The van der Waals surface area contributed by atoms with Crippen LogP contribution in [0.4, 0.5) is 4.39 Å². The van der Waals surface area contributed by atoms with E-state index in [1.807, 2.05) is 23.9 Å². The Kier molecular flexibility index (Phi) is 6.62. The van der Waals surface area contributed by atoms with Gasteiger partial charge in [0.05, 0.1) is 44.0 Å². The van der Waals surface area contributed by atoms with Crippen molar-refractivity contribution in [3.63, 3.8) is 0 Å². The average molecular weight is 507 g/mol. The van der Waals surface area contributed by atoms with Gasteiger partial charge >= 0.3 is 0 Å². The normalized spacial score (nSPS) is 14.2. The lowest BCUT2D eigenvalue weighted by atomic mass is 10.1. The van der Waals surface area contributed by atoms with Crippen molar-refractivity contribution in [1.82, 2.24) is 29.3 Å². The number of amides is 1. The van der Waals surface area contributed by atoms with Crippen LogP contribution in [-0.4, -0.2) is 67.1 Å². The Balaban J connectivity index is 1.54. The number of ether oxygens (including phenoxy) is 2. The topological polar surface area (TPSA) is 107 Å². The minimum absolute atomic E-state index is 0.0856. The first-order valence-electron chi connectivity index (χ1n) is 11.9. The van der Waals surface area contributed by atoms with E-state index >= 15 is 0 Å². The molecular formula is C26H27FN6O4. The molecule has 5 heterocycles. The molecule has 1 amide bonds. The average Bonchev–Trinajstić information content (AvgIpc) is 3.40. The van der Waals surface area contributed by atoms with Gasteiger partial charge < -0.3 is 19.5 Å². The fraction of sp³-hybridized carbons (Fsp3) is 0.308. The molecule has 0 fully saturated rings. The number of halogens is 1. The number of hydrogen-bond donors (Lipinski definition) is 1. The summed E-state index contributed by atoms with van der Waals surface area (Å²) >= 11 is 0. The maximum atomic E-state index is 13.4. The molecule has 0 spiro atoms. The summed E-state index contributed by atoms with van der Waals surface area (Å²) in [5.41, 5.74) is 4.53. The zero-order valence-electron chi connectivity index (χ0n) is 20.6. The molecule has 0 bridgehead atoms. The number of fused-ring (bicyclic) bond motifs is 2. The van der Waals surface area contributed by atoms with Gasteiger partial charge in [-0.05, 0) is 36.8 Å². The van der Waals surface area contributed by atoms with Crippen LogP contribution in [0.2, 0.25) is 0 Å². The van der Waals surface area contributed by atoms with E-state index in [1.165, 1.54) is 25.3 Å². The highest BCUT2D eigenvalue weighted by Crippen LogP contribution is 2.37. The predicted molar refractivity (Wildman–Crippen MR) is 133 cm³/mol. The second-order valence-electron chi connectivity index (χ2n) is 8.71. The Labute approximate surface area is 212 Å². The fourth-order valence-electron chi connectivity index (χ4n) is 4.63. The summed E-state index contributed by atoms with van der Waals surface area (Å²) in [6, 6.07) is 4.57. The van der Waals surface area contributed by atoms with Crippen molar-refractivity contribution in [3.8, 4) is 22.8 Å². The minimum Gasteiger partial charge on any atom is -0.493 e. The lowest BCUT2D eigenvalue weighted by molar-refractivity contribution is -0.126. The van der Waals surface area contributed by atoms with Gasteiger partial charge in [-0.15, -0.1) is 0 Å². The van der Waals surface area contributed by atoms with Crippen LogP contribution in [0.5, 0.6) is 11.5 Å². The molecule has 4 aromatic heterocycles. The second kappa shape index (κ2) is 10.0. The van der Waals surface area contributed by atoms with Gasteiger partial charge in [0.15, 0.2) is 23.1 Å².